The number of ether oxygens (including phenoxy) is 1. The predicted molar refractivity (Wildman–Crippen MR) is 161 cm³/mol. The van der Waals surface area contributed by atoms with E-state index in [1.54, 1.807) is 0 Å². The number of piperazine rings is 1. The summed E-state index contributed by atoms with van der Waals surface area (Å²) < 4.78 is 6.03. The molecule has 0 aromatic heterocycles. The number of anilines is 2. The standard InChI is InChI=1S/C31H34Cl2N4O3/c32-26-9-6-10-27(30(26)33)36-18-16-35(17-19-36)15-4-5-20-40-25-13-11-24-12-14-29(38)37(28(24)21-25)31(39)34-22-23-7-2-1-3-8-23/h1-3,6-11,13,21H,4-5,12,14-20,22H2,(H,34,39). The van der Waals surface area contributed by atoms with Crippen LogP contribution in [0.25, 0.3) is 0 Å². The fraction of sp³-hybridized carbons (Fsp3) is 0.355. The number of hydrogen-bond donors (Lipinski definition) is 1. The highest BCUT2D eigenvalue weighted by Crippen LogP contribution is 2.33. The zero-order valence-corrected chi connectivity index (χ0v) is 24.0. The van der Waals surface area contributed by atoms with E-state index in [2.05, 4.69) is 15.1 Å². The van der Waals surface area contributed by atoms with Crippen molar-refractivity contribution in [1.29, 1.82) is 0 Å². The summed E-state index contributed by atoms with van der Waals surface area (Å²) in [6.45, 7) is 5.73. The molecule has 3 amide bonds. The van der Waals surface area contributed by atoms with Gasteiger partial charge in [0.25, 0.3) is 0 Å². The van der Waals surface area contributed by atoms with E-state index in [-0.39, 0.29) is 5.91 Å². The molecule has 0 bridgehead atoms. The number of fused-ring (bicyclic) bond motifs is 1. The van der Waals surface area contributed by atoms with Gasteiger partial charge in [-0.05, 0) is 55.1 Å². The molecule has 1 fully saturated rings. The van der Waals surface area contributed by atoms with Crippen LogP contribution in [-0.2, 0) is 17.8 Å². The molecule has 40 heavy (non-hydrogen) atoms. The molecule has 7 nitrogen and oxygen atoms in total. The summed E-state index contributed by atoms with van der Waals surface area (Å²) in [5.74, 6) is 0.467. The first-order valence-electron chi connectivity index (χ1n) is 13.8. The van der Waals surface area contributed by atoms with E-state index < -0.39 is 6.03 Å². The maximum atomic E-state index is 13.0. The lowest BCUT2D eigenvalue weighted by Crippen LogP contribution is -2.46. The smallest absolute Gasteiger partial charge is 0.329 e. The second kappa shape index (κ2) is 13.4. The predicted octanol–water partition coefficient (Wildman–Crippen LogP) is 6.16. The van der Waals surface area contributed by atoms with Crippen LogP contribution in [0.1, 0.15) is 30.4 Å². The number of carbonyl (C=O) groups excluding carboxylic acids is 2. The van der Waals surface area contributed by atoms with Crippen molar-refractivity contribution in [3.63, 3.8) is 0 Å². The second-order valence-corrected chi connectivity index (χ2v) is 10.9. The van der Waals surface area contributed by atoms with E-state index in [0.717, 1.165) is 62.4 Å². The van der Waals surface area contributed by atoms with Gasteiger partial charge in [-0.2, -0.15) is 0 Å². The zero-order chi connectivity index (χ0) is 27.9. The minimum absolute atomic E-state index is 0.201. The highest BCUT2D eigenvalue weighted by Gasteiger charge is 2.30. The van der Waals surface area contributed by atoms with Gasteiger partial charge in [0.05, 0.1) is 28.0 Å². The van der Waals surface area contributed by atoms with Gasteiger partial charge in [-0.3, -0.25) is 9.69 Å². The average molecular weight is 582 g/mol. The van der Waals surface area contributed by atoms with Crippen molar-refractivity contribution in [3.8, 4) is 5.75 Å². The molecule has 9 heteroatoms. The van der Waals surface area contributed by atoms with E-state index in [1.807, 2.05) is 66.7 Å². The number of rotatable bonds is 9. The largest absolute Gasteiger partial charge is 0.494 e. The maximum absolute atomic E-state index is 13.0. The number of nitrogens with zero attached hydrogens (tertiary/aromatic N) is 3. The molecule has 5 rings (SSSR count). The third-order valence-corrected chi connectivity index (χ3v) is 8.24. The summed E-state index contributed by atoms with van der Waals surface area (Å²) in [5.41, 5.74) is 3.56. The minimum atomic E-state index is -0.412. The Morgan fingerprint density at radius 2 is 1.68 bits per heavy atom. The van der Waals surface area contributed by atoms with Gasteiger partial charge in [0, 0.05) is 45.2 Å². The molecule has 2 heterocycles. The maximum Gasteiger partial charge on any atom is 0.329 e. The minimum Gasteiger partial charge on any atom is -0.494 e. The number of unbranched alkanes of at least 4 members (excludes halogenated alkanes) is 1. The van der Waals surface area contributed by atoms with Gasteiger partial charge in [-0.1, -0.05) is 65.7 Å². The monoisotopic (exact) mass is 580 g/mol. The molecule has 0 atom stereocenters. The van der Waals surface area contributed by atoms with Crippen molar-refractivity contribution in [2.24, 2.45) is 0 Å². The molecule has 1 saturated heterocycles. The van der Waals surface area contributed by atoms with Crippen LogP contribution in [0.4, 0.5) is 16.2 Å². The van der Waals surface area contributed by atoms with Crippen LogP contribution in [0.2, 0.25) is 10.0 Å². The van der Waals surface area contributed by atoms with Crippen LogP contribution in [0.3, 0.4) is 0 Å². The van der Waals surface area contributed by atoms with Crippen LogP contribution >= 0.6 is 23.2 Å². The van der Waals surface area contributed by atoms with Crippen LogP contribution < -0.4 is 19.9 Å². The van der Waals surface area contributed by atoms with E-state index in [0.29, 0.717) is 47.5 Å². The fourth-order valence-corrected chi connectivity index (χ4v) is 5.61. The number of halogens is 2. The molecule has 2 aliphatic heterocycles. The number of hydrogen-bond acceptors (Lipinski definition) is 5. The van der Waals surface area contributed by atoms with Crippen molar-refractivity contribution >= 4 is 46.5 Å². The molecular weight excluding hydrogens is 547 g/mol. The van der Waals surface area contributed by atoms with Crippen LogP contribution in [0, 0.1) is 0 Å². The summed E-state index contributed by atoms with van der Waals surface area (Å²) in [4.78, 5) is 31.7. The lowest BCUT2D eigenvalue weighted by Gasteiger charge is -2.36. The average Bonchev–Trinajstić information content (AvgIpc) is 2.98. The number of benzene rings is 3. The summed E-state index contributed by atoms with van der Waals surface area (Å²) in [5, 5.41) is 4.08. The second-order valence-electron chi connectivity index (χ2n) is 10.1. The molecule has 2 aliphatic rings. The molecule has 3 aromatic carbocycles. The van der Waals surface area contributed by atoms with Gasteiger partial charge in [-0.15, -0.1) is 0 Å². The van der Waals surface area contributed by atoms with Gasteiger partial charge in [0.1, 0.15) is 5.75 Å². The van der Waals surface area contributed by atoms with E-state index in [1.165, 1.54) is 4.90 Å². The number of carbonyl (C=O) groups is 2. The van der Waals surface area contributed by atoms with E-state index in [4.69, 9.17) is 27.9 Å². The lowest BCUT2D eigenvalue weighted by atomic mass is 10.0. The van der Waals surface area contributed by atoms with Crippen molar-refractivity contribution in [2.75, 3.05) is 49.1 Å². The summed E-state index contributed by atoms with van der Waals surface area (Å²) in [6, 6.07) is 20.7. The Bertz CT molecular complexity index is 1330. The molecule has 1 N–H and O–H groups in total. The number of nitrogens with one attached hydrogen (secondary N) is 1. The Balaban J connectivity index is 1.07. The molecule has 0 saturated carbocycles. The Morgan fingerprint density at radius 1 is 0.875 bits per heavy atom. The number of aryl methyl sites for hydroxylation is 1. The van der Waals surface area contributed by atoms with Gasteiger partial charge in [0.15, 0.2) is 0 Å². The highest BCUT2D eigenvalue weighted by atomic mass is 35.5. The molecular formula is C31H34Cl2N4O3. The van der Waals surface area contributed by atoms with Crippen LogP contribution in [0.15, 0.2) is 66.7 Å². The molecule has 210 valence electrons. The Hall–Kier alpha value is -3.26. The third-order valence-electron chi connectivity index (χ3n) is 7.43. The van der Waals surface area contributed by atoms with Crippen molar-refractivity contribution in [1.82, 2.24) is 10.2 Å². The summed E-state index contributed by atoms with van der Waals surface area (Å²) in [7, 11) is 0. The normalized spacial score (nSPS) is 15.6. The zero-order valence-electron chi connectivity index (χ0n) is 22.5. The Morgan fingerprint density at radius 3 is 2.48 bits per heavy atom. The van der Waals surface area contributed by atoms with Crippen molar-refractivity contribution in [3.05, 3.63) is 87.9 Å². The highest BCUT2D eigenvalue weighted by molar-refractivity contribution is 6.43. The van der Waals surface area contributed by atoms with Crippen molar-refractivity contribution in [2.45, 2.75) is 32.2 Å². The van der Waals surface area contributed by atoms with Gasteiger partial charge < -0.3 is 15.0 Å². The molecule has 3 aromatic rings. The number of urea groups is 1. The van der Waals surface area contributed by atoms with Gasteiger partial charge in [-0.25, -0.2) is 9.69 Å². The van der Waals surface area contributed by atoms with E-state index in [9.17, 15) is 9.59 Å². The summed E-state index contributed by atoms with van der Waals surface area (Å²) in [6.07, 6.45) is 2.87. The molecule has 0 unspecified atom stereocenters. The lowest BCUT2D eigenvalue weighted by molar-refractivity contribution is -0.118. The summed E-state index contributed by atoms with van der Waals surface area (Å²) >= 11 is 12.6. The molecule has 0 radical (unpaired) electrons. The first-order valence-corrected chi connectivity index (χ1v) is 14.6. The van der Waals surface area contributed by atoms with Crippen LogP contribution in [-0.4, -0.2) is 56.2 Å². The first-order chi connectivity index (χ1) is 19.5. The third kappa shape index (κ3) is 6.89. The Kier molecular flexibility index (Phi) is 9.47. The molecule has 0 spiro atoms. The van der Waals surface area contributed by atoms with Gasteiger partial charge >= 0.3 is 6.03 Å². The first kappa shape index (κ1) is 28.3. The Labute approximate surface area is 245 Å². The SMILES string of the molecule is O=C1CCc2ccc(OCCCCN3CCN(c4cccc(Cl)c4Cl)CC3)cc2N1C(=O)NCc1ccccc1. The topological polar surface area (TPSA) is 65.1 Å². The van der Waals surface area contributed by atoms with Crippen LogP contribution in [0.5, 0.6) is 5.75 Å². The van der Waals surface area contributed by atoms with Crippen molar-refractivity contribution < 1.29 is 14.3 Å². The quantitative estimate of drug-likeness (QED) is 0.307. The van der Waals surface area contributed by atoms with E-state index >= 15 is 0 Å². The van der Waals surface area contributed by atoms with Gasteiger partial charge in [0.2, 0.25) is 5.91 Å². The fourth-order valence-electron chi connectivity index (χ4n) is 5.19. The number of amides is 3. The molecule has 0 aliphatic carbocycles. The number of imide groups is 1.